The fraction of sp³-hybridized carbons (Fsp3) is 0.455. The molecule has 0 aromatic heterocycles. The second-order valence-corrected chi connectivity index (χ2v) is 8.75. The van der Waals surface area contributed by atoms with Crippen molar-refractivity contribution in [3.63, 3.8) is 0 Å². The normalized spacial score (nSPS) is 12.5. The summed E-state index contributed by atoms with van der Waals surface area (Å²) in [5, 5.41) is 14.4. The number of nitrogens with one attached hydrogen (secondary N) is 1. The highest BCUT2D eigenvalue weighted by Gasteiger charge is 2.20. The van der Waals surface area contributed by atoms with Gasteiger partial charge in [0.1, 0.15) is 5.75 Å². The molecule has 2 aromatic carbocycles. The minimum atomic E-state index is 0.00761. The number of benzene rings is 2. The Balaban J connectivity index is 2.57. The molecule has 0 aliphatic heterocycles. The van der Waals surface area contributed by atoms with Crippen molar-refractivity contribution in [3.05, 3.63) is 53.1 Å². The molecule has 130 valence electrons. The minimum absolute atomic E-state index is 0.00761. The molecule has 2 nitrogen and oxygen atoms in total. The van der Waals surface area contributed by atoms with Gasteiger partial charge >= 0.3 is 0 Å². The molecule has 0 saturated heterocycles. The van der Waals surface area contributed by atoms with E-state index in [9.17, 15) is 5.11 Å². The smallest absolute Gasteiger partial charge is 0.127 e. The van der Waals surface area contributed by atoms with Crippen LogP contribution >= 0.6 is 0 Å². The summed E-state index contributed by atoms with van der Waals surface area (Å²) in [5.41, 5.74) is 5.41. The second-order valence-electron chi connectivity index (χ2n) is 8.75. The molecule has 0 heterocycles. The molecule has 0 aliphatic rings. The molecule has 2 rings (SSSR count). The van der Waals surface area contributed by atoms with Crippen LogP contribution < -0.4 is 5.32 Å². The number of rotatable bonds is 3. The zero-order valence-electron chi connectivity index (χ0n) is 16.1. The lowest BCUT2D eigenvalue weighted by Gasteiger charge is -2.25. The van der Waals surface area contributed by atoms with E-state index in [1.807, 2.05) is 6.07 Å². The first kappa shape index (κ1) is 18.5. The Morgan fingerprint density at radius 3 is 2.17 bits per heavy atom. The molecule has 2 heteroatoms. The molecule has 0 radical (unpaired) electrons. The number of aromatic hydroxyl groups is 1. The quantitative estimate of drug-likeness (QED) is 0.775. The molecule has 24 heavy (non-hydrogen) atoms. The first-order chi connectivity index (χ1) is 11.0. The molecular weight excluding hydrogens is 294 g/mol. The van der Waals surface area contributed by atoms with Gasteiger partial charge in [-0.2, -0.15) is 0 Å². The summed E-state index contributed by atoms with van der Waals surface area (Å²) in [4.78, 5) is 0. The van der Waals surface area contributed by atoms with E-state index in [0.29, 0.717) is 12.3 Å². The minimum Gasteiger partial charge on any atom is -0.507 e. The van der Waals surface area contributed by atoms with Gasteiger partial charge in [0.05, 0.1) is 0 Å². The maximum absolute atomic E-state index is 10.9. The maximum atomic E-state index is 10.9. The van der Waals surface area contributed by atoms with Gasteiger partial charge in [0.25, 0.3) is 0 Å². The van der Waals surface area contributed by atoms with Crippen LogP contribution in [0.4, 0.5) is 0 Å². The molecule has 0 spiro atoms. The monoisotopic (exact) mass is 325 g/mol. The second kappa shape index (κ2) is 6.60. The summed E-state index contributed by atoms with van der Waals surface area (Å²) in [6.45, 7) is 15.8. The highest BCUT2D eigenvalue weighted by atomic mass is 16.3. The van der Waals surface area contributed by atoms with E-state index in [1.165, 1.54) is 11.1 Å². The van der Waals surface area contributed by atoms with E-state index in [-0.39, 0.29) is 11.0 Å². The first-order valence-electron chi connectivity index (χ1n) is 8.66. The van der Waals surface area contributed by atoms with Crippen LogP contribution in [0.2, 0.25) is 0 Å². The highest BCUT2D eigenvalue weighted by molar-refractivity contribution is 5.73. The van der Waals surface area contributed by atoms with Crippen LogP contribution in [0, 0.1) is 6.92 Å². The predicted octanol–water partition coefficient (Wildman–Crippen LogP) is 5.55. The molecule has 0 saturated carbocycles. The lowest BCUT2D eigenvalue weighted by Crippen LogP contribution is -2.35. The number of phenolic OH excluding ortho intramolecular Hbond substituents is 1. The fourth-order valence-electron chi connectivity index (χ4n) is 2.66. The molecule has 2 N–H and O–H groups in total. The zero-order chi connectivity index (χ0) is 18.1. The zero-order valence-corrected chi connectivity index (χ0v) is 16.1. The molecule has 0 bridgehead atoms. The van der Waals surface area contributed by atoms with Gasteiger partial charge in [0.2, 0.25) is 0 Å². The van der Waals surface area contributed by atoms with Crippen molar-refractivity contribution in [2.24, 2.45) is 0 Å². The van der Waals surface area contributed by atoms with Crippen molar-refractivity contribution in [1.29, 1.82) is 0 Å². The van der Waals surface area contributed by atoms with Crippen molar-refractivity contribution in [2.75, 3.05) is 0 Å². The predicted molar refractivity (Wildman–Crippen MR) is 104 cm³/mol. The van der Waals surface area contributed by atoms with E-state index >= 15 is 0 Å². The number of aryl methyl sites for hydroxylation is 1. The van der Waals surface area contributed by atoms with Gasteiger partial charge in [-0.15, -0.1) is 0 Å². The van der Waals surface area contributed by atoms with Gasteiger partial charge in [-0.1, -0.05) is 56.7 Å². The molecule has 0 aliphatic carbocycles. The van der Waals surface area contributed by atoms with Crippen LogP contribution in [0.25, 0.3) is 11.1 Å². The average Bonchev–Trinajstić information content (AvgIpc) is 2.44. The van der Waals surface area contributed by atoms with E-state index in [4.69, 9.17) is 0 Å². The van der Waals surface area contributed by atoms with Crippen molar-refractivity contribution in [3.8, 4) is 16.9 Å². The maximum Gasteiger partial charge on any atom is 0.127 e. The Labute approximate surface area is 146 Å². The number of phenols is 1. The summed E-state index contributed by atoms with van der Waals surface area (Å²) in [6, 6.07) is 12.6. The molecular formula is C22H31NO. The third kappa shape index (κ3) is 4.61. The van der Waals surface area contributed by atoms with Crippen LogP contribution in [0.5, 0.6) is 5.75 Å². The van der Waals surface area contributed by atoms with Crippen LogP contribution in [-0.2, 0) is 12.0 Å². The van der Waals surface area contributed by atoms with Crippen LogP contribution in [0.15, 0.2) is 36.4 Å². The van der Waals surface area contributed by atoms with E-state index in [2.05, 4.69) is 84.1 Å². The lowest BCUT2D eigenvalue weighted by molar-refractivity contribution is 0.411. The summed E-state index contributed by atoms with van der Waals surface area (Å²) >= 11 is 0. The average molecular weight is 325 g/mol. The van der Waals surface area contributed by atoms with Gasteiger partial charge in [0.15, 0.2) is 0 Å². The van der Waals surface area contributed by atoms with Gasteiger partial charge in [-0.05, 0) is 50.3 Å². The van der Waals surface area contributed by atoms with E-state index in [1.54, 1.807) is 0 Å². The largest absolute Gasteiger partial charge is 0.507 e. The standard InChI is InChI=1S/C22H31NO/c1-15-9-8-10-16(11-15)19-13-18(21(2,3)4)12-17(20(19)24)14-23-22(5,6)7/h8-13,23-24H,14H2,1-7H3. The Morgan fingerprint density at radius 1 is 0.958 bits per heavy atom. The van der Waals surface area contributed by atoms with Crippen LogP contribution in [0.1, 0.15) is 58.2 Å². The Kier molecular flexibility index (Phi) is 5.10. The Hall–Kier alpha value is -1.80. The summed E-state index contributed by atoms with van der Waals surface area (Å²) in [7, 11) is 0. The lowest BCUT2D eigenvalue weighted by atomic mass is 9.83. The van der Waals surface area contributed by atoms with Crippen LogP contribution in [0.3, 0.4) is 0 Å². The number of hydrogen-bond donors (Lipinski definition) is 2. The molecule has 0 atom stereocenters. The molecule has 0 amide bonds. The SMILES string of the molecule is Cc1cccc(-c2cc(C(C)(C)C)cc(CNC(C)(C)C)c2O)c1. The highest BCUT2D eigenvalue weighted by Crippen LogP contribution is 2.37. The fourth-order valence-corrected chi connectivity index (χ4v) is 2.66. The Morgan fingerprint density at radius 2 is 1.62 bits per heavy atom. The summed E-state index contributed by atoms with van der Waals surface area (Å²) in [5.74, 6) is 0.380. The van der Waals surface area contributed by atoms with Crippen molar-refractivity contribution < 1.29 is 5.11 Å². The summed E-state index contributed by atoms with van der Waals surface area (Å²) < 4.78 is 0. The van der Waals surface area contributed by atoms with E-state index < -0.39 is 0 Å². The van der Waals surface area contributed by atoms with Gasteiger partial charge in [-0.3, -0.25) is 0 Å². The third-order valence-corrected chi connectivity index (χ3v) is 4.19. The van der Waals surface area contributed by atoms with Gasteiger partial charge < -0.3 is 10.4 Å². The van der Waals surface area contributed by atoms with Crippen molar-refractivity contribution in [2.45, 2.75) is 66.0 Å². The molecule has 2 aromatic rings. The number of hydrogen-bond acceptors (Lipinski definition) is 2. The van der Waals surface area contributed by atoms with Crippen molar-refractivity contribution >= 4 is 0 Å². The molecule has 0 fully saturated rings. The van der Waals surface area contributed by atoms with Crippen molar-refractivity contribution in [1.82, 2.24) is 5.32 Å². The summed E-state index contributed by atoms with van der Waals surface area (Å²) in [6.07, 6.45) is 0. The topological polar surface area (TPSA) is 32.3 Å². The molecule has 0 unspecified atom stereocenters. The Bertz CT molecular complexity index is 718. The first-order valence-corrected chi connectivity index (χ1v) is 8.66. The third-order valence-electron chi connectivity index (χ3n) is 4.19. The van der Waals surface area contributed by atoms with E-state index in [0.717, 1.165) is 16.7 Å². The van der Waals surface area contributed by atoms with Crippen LogP contribution in [-0.4, -0.2) is 10.6 Å². The van der Waals surface area contributed by atoms with Gasteiger partial charge in [0, 0.05) is 23.2 Å². The van der Waals surface area contributed by atoms with Gasteiger partial charge in [-0.25, -0.2) is 0 Å².